The van der Waals surface area contributed by atoms with Crippen molar-refractivity contribution in [3.8, 4) is 0 Å². The van der Waals surface area contributed by atoms with E-state index in [1.165, 1.54) is 0 Å². The van der Waals surface area contributed by atoms with Gasteiger partial charge in [0.15, 0.2) is 0 Å². The van der Waals surface area contributed by atoms with Gasteiger partial charge >= 0.3 is 6.09 Å². The number of hydrogen-bond acceptors (Lipinski definition) is 12. The van der Waals surface area contributed by atoms with E-state index < -0.39 is 24.2 Å². The minimum atomic E-state index is -0.723. The number of hydrogen-bond donors (Lipinski definition) is 12. The summed E-state index contributed by atoms with van der Waals surface area (Å²) in [4.78, 5) is 62.4. The first-order chi connectivity index (χ1) is 34.7. The molecule has 2 heterocycles. The molecule has 0 saturated carbocycles. The molecule has 0 unspecified atom stereocenters. The fraction of sp³-hybridized carbons (Fsp3) is 0.315. The molecule has 5 aromatic carbocycles. The van der Waals surface area contributed by atoms with Gasteiger partial charge in [0.25, 0.3) is 0 Å². The molecular formula is C54H64N10O8. The minimum Gasteiger partial charge on any atom is -0.444 e. The molecule has 2 fully saturated rings. The van der Waals surface area contributed by atoms with Crippen LogP contribution < -0.4 is 43.0 Å². The number of nitrogens with one attached hydrogen (secondary N) is 9. The van der Waals surface area contributed by atoms with Gasteiger partial charge in [-0.05, 0) is 77.5 Å². The highest BCUT2D eigenvalue weighted by atomic mass is 16.5. The van der Waals surface area contributed by atoms with Crippen LogP contribution in [-0.4, -0.2) is 88.9 Å². The molecule has 2 saturated heterocycles. The zero-order valence-corrected chi connectivity index (χ0v) is 40.4. The Labute approximate surface area is 418 Å². The van der Waals surface area contributed by atoms with E-state index in [4.69, 9.17) is 21.3 Å². The van der Waals surface area contributed by atoms with Crippen molar-refractivity contribution in [1.82, 2.24) is 37.2 Å². The van der Waals surface area contributed by atoms with Crippen molar-refractivity contribution < 1.29 is 38.9 Å². The maximum Gasteiger partial charge on any atom is 0.413 e. The van der Waals surface area contributed by atoms with E-state index in [0.29, 0.717) is 43.6 Å². The van der Waals surface area contributed by atoms with Crippen LogP contribution in [-0.2, 0) is 56.8 Å². The summed E-state index contributed by atoms with van der Waals surface area (Å²) in [7, 11) is 0. The summed E-state index contributed by atoms with van der Waals surface area (Å²) in [6.07, 6.45) is 0.526. The summed E-state index contributed by atoms with van der Waals surface area (Å²) in [5.41, 5.74) is 12.9. The van der Waals surface area contributed by atoms with Gasteiger partial charge in [-0.2, -0.15) is 0 Å². The van der Waals surface area contributed by atoms with Gasteiger partial charge in [-0.3, -0.25) is 35.3 Å². The van der Waals surface area contributed by atoms with Gasteiger partial charge in [0.05, 0.1) is 25.3 Å². The van der Waals surface area contributed by atoms with Gasteiger partial charge in [-0.1, -0.05) is 127 Å². The lowest BCUT2D eigenvalue weighted by Gasteiger charge is -2.17. The van der Waals surface area contributed by atoms with Gasteiger partial charge in [0, 0.05) is 37.3 Å². The van der Waals surface area contributed by atoms with E-state index in [9.17, 15) is 34.2 Å². The fourth-order valence-corrected chi connectivity index (χ4v) is 8.24. The second kappa shape index (κ2) is 26.4. The number of rotatable bonds is 18. The Kier molecular flexibility index (Phi) is 19.7. The van der Waals surface area contributed by atoms with Gasteiger partial charge in [-0.25, -0.2) is 4.79 Å². The Morgan fingerprint density at radius 1 is 0.611 bits per heavy atom. The number of ether oxygens (including phenoxy) is 1. The highest BCUT2D eigenvalue weighted by Crippen LogP contribution is 2.28. The molecular weight excluding hydrogens is 917 g/mol. The fourth-order valence-electron chi connectivity index (χ4n) is 8.24. The first-order valence-corrected chi connectivity index (χ1v) is 23.8. The summed E-state index contributed by atoms with van der Waals surface area (Å²) in [5.74, 6) is -0.780. The zero-order valence-electron chi connectivity index (χ0n) is 40.4. The van der Waals surface area contributed by atoms with Crippen molar-refractivity contribution in [3.63, 3.8) is 0 Å². The molecule has 5 aromatic rings. The van der Waals surface area contributed by atoms with Crippen LogP contribution in [0.15, 0.2) is 127 Å². The molecule has 0 aromatic heterocycles. The molecule has 72 heavy (non-hydrogen) atoms. The molecule has 0 bridgehead atoms. The number of amidine groups is 2. The molecule has 2 aliphatic rings. The molecule has 7 rings (SSSR count). The molecule has 0 aliphatic carbocycles. The first-order valence-electron chi connectivity index (χ1n) is 23.8. The van der Waals surface area contributed by atoms with E-state index >= 15 is 0 Å². The van der Waals surface area contributed by atoms with Crippen LogP contribution in [0.4, 0.5) is 4.79 Å². The average molecular weight is 981 g/mol. The van der Waals surface area contributed by atoms with Gasteiger partial charge in [-0.15, -0.1) is 0 Å². The van der Waals surface area contributed by atoms with Crippen molar-refractivity contribution >= 4 is 41.4 Å². The molecule has 0 spiro atoms. The Morgan fingerprint density at radius 2 is 1.06 bits per heavy atom. The largest absolute Gasteiger partial charge is 0.444 e. The highest BCUT2D eigenvalue weighted by molar-refractivity contribution is 6.04. The number of carbonyl (C=O) groups excluding carboxylic acids is 5. The molecule has 13 N–H and O–H groups in total. The molecule has 378 valence electrons. The molecule has 0 radical (unpaired) electrons. The predicted molar refractivity (Wildman–Crippen MR) is 272 cm³/mol. The highest BCUT2D eigenvalue weighted by Gasteiger charge is 2.33. The third kappa shape index (κ3) is 15.9. The average Bonchev–Trinajstić information content (AvgIpc) is 4.12. The van der Waals surface area contributed by atoms with Crippen LogP contribution in [0.2, 0.25) is 0 Å². The summed E-state index contributed by atoms with van der Waals surface area (Å²) >= 11 is 0. The monoisotopic (exact) mass is 980 g/mol. The zero-order chi connectivity index (χ0) is 51.6. The van der Waals surface area contributed by atoms with Gasteiger partial charge < -0.3 is 52.6 Å². The maximum absolute atomic E-state index is 12.8. The lowest BCUT2D eigenvalue weighted by Crippen LogP contribution is -2.49. The lowest BCUT2D eigenvalue weighted by atomic mass is 9.94. The number of amides is 5. The number of alkyl carbamates (subject to hydrolysis) is 1. The van der Waals surface area contributed by atoms with Crippen LogP contribution in [0.1, 0.15) is 88.6 Å². The standard InChI is InChI=1S/C31H35N5O5.C23H29N5O3/c1-20(35-30(39)27-15-26(17-33-27)25-9-5-8-23(14-25)18-37)29(38)34-16-21-10-12-24(13-11-21)28(32)36-31(40)41-19-22-6-3-2-4-7-22;1-14(22(30)27-11-15-5-7-17(8-6-15)21(24)25)28-23(31)20-10-19(12-26-20)18-4-2-3-16(9-18)13-29/h2-14,20,26-27,33,37H,15-19H2,1H3,(H,34,38)(H,35,39)(H2,32,36,40);2-9,14,19-20,26,29H,10-13H2,1H3,(H3,24,25)(H,27,30)(H,28,31)/t20-,26-,27+;14-,19-,20+/m00/s1. The topological polar surface area (TPSA) is 293 Å². The van der Waals surface area contributed by atoms with Crippen LogP contribution in [0, 0.1) is 10.8 Å². The van der Waals surface area contributed by atoms with Crippen molar-refractivity contribution in [2.75, 3.05) is 13.1 Å². The lowest BCUT2D eigenvalue weighted by molar-refractivity contribution is -0.129. The van der Waals surface area contributed by atoms with E-state index in [1.807, 2.05) is 78.9 Å². The third-order valence-electron chi connectivity index (χ3n) is 12.5. The van der Waals surface area contributed by atoms with E-state index in [1.54, 1.807) is 62.4 Å². The Balaban J connectivity index is 0.000000245. The Morgan fingerprint density at radius 3 is 1.50 bits per heavy atom. The van der Waals surface area contributed by atoms with Crippen LogP contribution in [0.3, 0.4) is 0 Å². The summed E-state index contributed by atoms with van der Waals surface area (Å²) in [6, 6.07) is 36.5. The van der Waals surface area contributed by atoms with Crippen molar-refractivity contribution in [1.29, 1.82) is 10.8 Å². The van der Waals surface area contributed by atoms with E-state index in [-0.39, 0.29) is 79.5 Å². The normalized spacial score (nSPS) is 17.7. The minimum absolute atomic E-state index is 0.00390. The summed E-state index contributed by atoms with van der Waals surface area (Å²) < 4.78 is 5.14. The molecule has 6 atom stereocenters. The van der Waals surface area contributed by atoms with Crippen LogP contribution in [0.25, 0.3) is 0 Å². The molecule has 2 aliphatic heterocycles. The quantitative estimate of drug-likeness (QED) is 0.0446. The molecule has 18 heteroatoms. The van der Waals surface area contributed by atoms with Crippen LogP contribution in [0.5, 0.6) is 0 Å². The second-order valence-corrected chi connectivity index (χ2v) is 17.9. The Bertz CT molecular complexity index is 2670. The smallest absolute Gasteiger partial charge is 0.413 e. The first kappa shape index (κ1) is 53.6. The second-order valence-electron chi connectivity index (χ2n) is 17.9. The summed E-state index contributed by atoms with van der Waals surface area (Å²) in [6.45, 7) is 5.24. The number of benzene rings is 5. The predicted octanol–water partition coefficient (Wildman–Crippen LogP) is 3.43. The number of aliphatic hydroxyl groups is 2. The van der Waals surface area contributed by atoms with E-state index in [0.717, 1.165) is 38.9 Å². The van der Waals surface area contributed by atoms with Crippen molar-refractivity contribution in [2.24, 2.45) is 5.73 Å². The number of nitrogen functional groups attached to an aromatic ring is 1. The van der Waals surface area contributed by atoms with Gasteiger partial charge in [0.2, 0.25) is 23.6 Å². The number of carbonyl (C=O) groups is 5. The molecule has 18 nitrogen and oxygen atoms in total. The summed E-state index contributed by atoms with van der Waals surface area (Å²) in [5, 5.41) is 54.3. The number of nitrogens with two attached hydrogens (primary N) is 1. The molecule has 5 amide bonds. The third-order valence-corrected chi connectivity index (χ3v) is 12.5. The maximum atomic E-state index is 12.8. The van der Waals surface area contributed by atoms with Crippen LogP contribution >= 0.6 is 0 Å². The van der Waals surface area contributed by atoms with Crippen molar-refractivity contribution in [2.45, 2.75) is 95.6 Å². The van der Waals surface area contributed by atoms with E-state index in [2.05, 4.69) is 37.2 Å². The SMILES string of the molecule is C[C@H](NC(=O)[C@H]1C[C@H](c2cccc(CO)c2)CN1)C(=O)NCc1ccc(C(=N)N)cc1.C[C@H](NC(=O)[C@H]1C[C@H](c2cccc(CO)c2)CN1)C(=O)NCc1ccc(C(=N)NC(=O)OCc2ccccc2)cc1. The van der Waals surface area contributed by atoms with Crippen molar-refractivity contribution in [3.05, 3.63) is 177 Å². The van der Waals surface area contributed by atoms with Gasteiger partial charge in [0.1, 0.15) is 30.4 Å². The Hall–Kier alpha value is -7.77. The number of aliphatic hydroxyl groups excluding tert-OH is 2.